The van der Waals surface area contributed by atoms with Crippen molar-refractivity contribution >= 4 is 46.6 Å². The highest BCUT2D eigenvalue weighted by atomic mass is 35.5. The van der Waals surface area contributed by atoms with E-state index < -0.39 is 17.9 Å². The first-order chi connectivity index (χ1) is 13.4. The maximum Gasteiger partial charge on any atom is 0.317 e. The van der Waals surface area contributed by atoms with E-state index in [0.29, 0.717) is 10.6 Å². The lowest BCUT2D eigenvalue weighted by molar-refractivity contribution is -0.154. The van der Waals surface area contributed by atoms with Gasteiger partial charge in [0.05, 0.1) is 16.9 Å². The van der Waals surface area contributed by atoms with E-state index >= 15 is 0 Å². The Labute approximate surface area is 172 Å². The molecule has 2 N–H and O–H groups in total. The molecular weight excluding hydrogens is 422 g/mol. The van der Waals surface area contributed by atoms with Gasteiger partial charge < -0.3 is 14.8 Å². The number of phenols is 1. The lowest BCUT2D eigenvalue weighted by atomic mass is 9.68. The number of thioether (sulfide) groups is 1. The monoisotopic (exact) mass is 435 g/mol. The number of halogens is 1. The van der Waals surface area contributed by atoms with E-state index in [-0.39, 0.29) is 45.5 Å². The largest absolute Gasteiger partial charge is 0.508 e. The van der Waals surface area contributed by atoms with Crippen LogP contribution in [0.4, 0.5) is 0 Å². The Morgan fingerprint density at radius 2 is 1.89 bits per heavy atom. The van der Waals surface area contributed by atoms with E-state index in [9.17, 15) is 19.5 Å². The normalized spacial score (nSPS) is 37.5. The summed E-state index contributed by atoms with van der Waals surface area (Å²) in [6, 6.07) is 4.93. The summed E-state index contributed by atoms with van der Waals surface area (Å²) in [5.74, 6) is -1.71. The Kier molecular flexibility index (Phi) is 3.45. The van der Waals surface area contributed by atoms with Gasteiger partial charge in [-0.05, 0) is 42.4 Å². The lowest BCUT2D eigenvalue weighted by Gasteiger charge is -2.42. The lowest BCUT2D eigenvalue weighted by Crippen LogP contribution is -2.42. The van der Waals surface area contributed by atoms with Gasteiger partial charge in [0.2, 0.25) is 0 Å². The number of hydrogen-bond acceptors (Lipinski definition) is 7. The number of H-pyrrole nitrogens is 1. The smallest absolute Gasteiger partial charge is 0.317 e. The second-order valence-corrected chi connectivity index (χ2v) is 10.5. The molecule has 7 atom stereocenters. The third-order valence-corrected chi connectivity index (χ3v) is 9.61. The number of benzene rings is 1. The minimum atomic E-state index is -0.423. The number of esters is 2. The van der Waals surface area contributed by atoms with E-state index in [4.69, 9.17) is 16.3 Å². The van der Waals surface area contributed by atoms with Crippen molar-refractivity contribution in [2.24, 2.45) is 29.6 Å². The van der Waals surface area contributed by atoms with Gasteiger partial charge in [0.25, 0.3) is 0 Å². The summed E-state index contributed by atoms with van der Waals surface area (Å²) < 4.78 is 4.96. The van der Waals surface area contributed by atoms with Crippen molar-refractivity contribution in [3.05, 3.63) is 43.3 Å². The second kappa shape index (κ2) is 5.64. The van der Waals surface area contributed by atoms with Crippen molar-refractivity contribution in [2.75, 3.05) is 0 Å². The van der Waals surface area contributed by atoms with Gasteiger partial charge in [-0.25, -0.2) is 0 Å². The Morgan fingerprint density at radius 1 is 1.14 bits per heavy atom. The van der Waals surface area contributed by atoms with Gasteiger partial charge in [0, 0.05) is 26.6 Å². The molecule has 2 bridgehead atoms. The van der Waals surface area contributed by atoms with Crippen molar-refractivity contribution in [1.82, 2.24) is 4.98 Å². The highest BCUT2D eigenvalue weighted by molar-refractivity contribution is 8.00. The molecule has 144 valence electrons. The third-order valence-electron chi connectivity index (χ3n) is 6.78. The fourth-order valence-electron chi connectivity index (χ4n) is 5.94. The fraction of sp³-hybridized carbons (Fsp3) is 0.421. The van der Waals surface area contributed by atoms with Crippen LogP contribution in [0.25, 0.3) is 0 Å². The van der Waals surface area contributed by atoms with E-state index in [0.717, 1.165) is 27.7 Å². The third kappa shape index (κ3) is 2.08. The number of ether oxygens (including phenoxy) is 1. The summed E-state index contributed by atoms with van der Waals surface area (Å²) in [7, 11) is 0. The molecule has 0 amide bonds. The molecular formula is C19H14ClNO5S2. The van der Waals surface area contributed by atoms with Crippen molar-refractivity contribution in [2.45, 2.75) is 22.6 Å². The number of hydrogen-bond donors (Lipinski definition) is 2. The van der Waals surface area contributed by atoms with Crippen LogP contribution in [0, 0.1) is 29.6 Å². The summed E-state index contributed by atoms with van der Waals surface area (Å²) in [6.07, 6.45) is 0.787. The Hall–Kier alpha value is -1.77. The maximum absolute atomic E-state index is 12.4. The van der Waals surface area contributed by atoms with Crippen LogP contribution < -0.4 is 4.87 Å². The molecule has 4 aliphatic rings. The molecule has 28 heavy (non-hydrogen) atoms. The SMILES string of the molecule is O=C1OC(=O)[C@@H]2[C@H]3C[C@H]([C@@H]12)[C@@H]1[C@H](c2cc(Cl)ccc2O)c2sc(=O)[nH]c2S[C@@H]31. The van der Waals surface area contributed by atoms with Gasteiger partial charge >= 0.3 is 16.8 Å². The number of cyclic esters (lactones) is 2. The second-order valence-electron chi connectivity index (χ2n) is 7.90. The first kappa shape index (κ1) is 17.1. The number of thiazole rings is 1. The number of carbonyl (C=O) groups is 2. The van der Waals surface area contributed by atoms with E-state index in [1.54, 1.807) is 30.0 Å². The number of phenolic OH excluding ortho intramolecular Hbond substituents is 1. The molecule has 2 aromatic rings. The van der Waals surface area contributed by atoms with Crippen LogP contribution in [0.15, 0.2) is 28.0 Å². The van der Waals surface area contributed by atoms with Gasteiger partial charge in [-0.2, -0.15) is 0 Å². The molecule has 0 unspecified atom stereocenters. The molecule has 1 aromatic carbocycles. The van der Waals surface area contributed by atoms with Crippen molar-refractivity contribution in [3.63, 3.8) is 0 Å². The zero-order chi connectivity index (χ0) is 19.3. The van der Waals surface area contributed by atoms with Gasteiger partial charge in [0.1, 0.15) is 5.75 Å². The van der Waals surface area contributed by atoms with Crippen LogP contribution in [-0.2, 0) is 14.3 Å². The summed E-state index contributed by atoms with van der Waals surface area (Å²) in [4.78, 5) is 40.4. The van der Waals surface area contributed by atoms with Gasteiger partial charge in [0.15, 0.2) is 0 Å². The molecule has 2 saturated carbocycles. The molecule has 0 radical (unpaired) electrons. The Bertz CT molecular complexity index is 1110. The number of rotatable bonds is 1. The first-order valence-electron chi connectivity index (χ1n) is 9.07. The number of aromatic amines is 1. The molecule has 6 rings (SSSR count). The topological polar surface area (TPSA) is 96.5 Å². The van der Waals surface area contributed by atoms with Crippen LogP contribution >= 0.6 is 34.7 Å². The minimum absolute atomic E-state index is 0.0137. The molecule has 9 heteroatoms. The highest BCUT2D eigenvalue weighted by Gasteiger charge is 2.69. The molecule has 2 aliphatic heterocycles. The maximum atomic E-state index is 12.4. The quantitative estimate of drug-likeness (QED) is 0.528. The average molecular weight is 436 g/mol. The van der Waals surface area contributed by atoms with E-state index in [1.165, 1.54) is 0 Å². The molecule has 6 nitrogen and oxygen atoms in total. The van der Waals surface area contributed by atoms with Crippen molar-refractivity contribution in [1.29, 1.82) is 0 Å². The zero-order valence-corrected chi connectivity index (χ0v) is 16.6. The molecule has 1 saturated heterocycles. The fourth-order valence-corrected chi connectivity index (χ4v) is 9.00. The summed E-state index contributed by atoms with van der Waals surface area (Å²) in [6.45, 7) is 0. The molecule has 2 aliphatic carbocycles. The summed E-state index contributed by atoms with van der Waals surface area (Å²) in [5, 5.41) is 12.0. The number of aromatic nitrogens is 1. The van der Waals surface area contributed by atoms with Gasteiger partial charge in [-0.3, -0.25) is 14.4 Å². The van der Waals surface area contributed by atoms with Crippen LogP contribution in [-0.4, -0.2) is 27.3 Å². The van der Waals surface area contributed by atoms with Crippen molar-refractivity contribution in [3.8, 4) is 5.75 Å². The van der Waals surface area contributed by atoms with E-state index in [1.807, 2.05) is 0 Å². The van der Waals surface area contributed by atoms with Crippen LogP contribution in [0.5, 0.6) is 5.75 Å². The summed E-state index contributed by atoms with van der Waals surface area (Å²) >= 11 is 8.96. The number of fused-ring (bicyclic) bond motifs is 9. The number of carbonyl (C=O) groups excluding carboxylic acids is 2. The van der Waals surface area contributed by atoms with E-state index in [2.05, 4.69) is 4.98 Å². The minimum Gasteiger partial charge on any atom is -0.508 e. The first-order valence-corrected chi connectivity index (χ1v) is 11.1. The molecule has 3 fully saturated rings. The molecule has 3 heterocycles. The number of aromatic hydroxyl groups is 1. The standard InChI is InChI=1S/C19H14ClNO5S2/c20-5-1-2-9(22)6(3-5)10-11-7-4-8(13-12(7)17(23)26-18(13)24)14(11)27-16-15(10)28-19(25)21-16/h1-3,7-8,10-14,22H,4H2,(H,21,25)/t7-,8+,10-,11+,12+,13+,14-/m0/s1. The Balaban J connectivity index is 1.55. The predicted molar refractivity (Wildman–Crippen MR) is 103 cm³/mol. The van der Waals surface area contributed by atoms with Gasteiger partial charge in [-0.1, -0.05) is 22.9 Å². The molecule has 1 aromatic heterocycles. The van der Waals surface area contributed by atoms with Crippen LogP contribution in [0.2, 0.25) is 5.02 Å². The zero-order valence-electron chi connectivity index (χ0n) is 14.3. The molecule has 0 spiro atoms. The average Bonchev–Trinajstić information content (AvgIpc) is 3.36. The number of nitrogens with one attached hydrogen (secondary N) is 1. The van der Waals surface area contributed by atoms with Gasteiger partial charge in [-0.15, -0.1) is 11.8 Å². The Morgan fingerprint density at radius 3 is 2.68 bits per heavy atom. The highest BCUT2D eigenvalue weighted by Crippen LogP contribution is 2.68. The van der Waals surface area contributed by atoms with Crippen molar-refractivity contribution < 1.29 is 19.4 Å². The van der Waals surface area contributed by atoms with Crippen LogP contribution in [0.1, 0.15) is 22.8 Å². The predicted octanol–water partition coefficient (Wildman–Crippen LogP) is 2.98. The van der Waals surface area contributed by atoms with Crippen LogP contribution in [0.3, 0.4) is 0 Å². The summed E-state index contributed by atoms with van der Waals surface area (Å²) in [5.41, 5.74) is 0.668.